The number of nitrogens with zero attached hydrogens (tertiary/aromatic N) is 1. The molecule has 0 saturated carbocycles. The van der Waals surface area contributed by atoms with Crippen molar-refractivity contribution in [2.75, 3.05) is 0 Å². The zero-order chi connectivity index (χ0) is 15.7. The van der Waals surface area contributed by atoms with Gasteiger partial charge in [0.25, 0.3) is 5.56 Å². The third-order valence-corrected chi connectivity index (χ3v) is 3.85. The molecule has 0 amide bonds. The van der Waals surface area contributed by atoms with Crippen molar-refractivity contribution in [3.05, 3.63) is 82.1 Å². The molecule has 2 aromatic carbocycles. The second-order valence-corrected chi connectivity index (χ2v) is 5.18. The fourth-order valence-corrected chi connectivity index (χ4v) is 2.70. The summed E-state index contributed by atoms with van der Waals surface area (Å²) < 4.78 is 1.55. The largest absolute Gasteiger partial charge is 0.477 e. The zero-order valence-corrected chi connectivity index (χ0v) is 12.1. The zero-order valence-electron chi connectivity index (χ0n) is 12.1. The summed E-state index contributed by atoms with van der Waals surface area (Å²) in [6, 6.07) is 18.1. The van der Waals surface area contributed by atoms with Gasteiger partial charge in [0, 0.05) is 0 Å². The first-order chi connectivity index (χ1) is 10.6. The Balaban J connectivity index is 2.34. The molecule has 1 N–H and O–H groups in total. The Morgan fingerprint density at radius 2 is 1.68 bits per heavy atom. The second-order valence-electron chi connectivity index (χ2n) is 5.18. The molecule has 0 aliphatic rings. The Morgan fingerprint density at radius 3 is 2.36 bits per heavy atom. The molecule has 1 atom stereocenters. The van der Waals surface area contributed by atoms with Crippen LogP contribution in [-0.4, -0.2) is 15.6 Å². The summed E-state index contributed by atoms with van der Waals surface area (Å²) in [6.07, 6.45) is 0. The van der Waals surface area contributed by atoms with E-state index in [-0.39, 0.29) is 11.6 Å². The fourth-order valence-electron chi connectivity index (χ4n) is 2.70. The lowest BCUT2D eigenvalue weighted by atomic mass is 10.1. The van der Waals surface area contributed by atoms with Crippen molar-refractivity contribution in [3.63, 3.8) is 0 Å². The minimum atomic E-state index is -1.20. The first-order valence-electron chi connectivity index (χ1n) is 7.02. The van der Waals surface area contributed by atoms with Gasteiger partial charge in [-0.1, -0.05) is 48.5 Å². The average Bonchev–Trinajstić information content (AvgIpc) is 2.54. The lowest BCUT2D eigenvalue weighted by molar-refractivity contribution is 0.0694. The smallest absolute Gasteiger partial charge is 0.341 e. The predicted octanol–water partition coefficient (Wildman–Crippen LogP) is 3.31. The van der Waals surface area contributed by atoms with Gasteiger partial charge in [-0.15, -0.1) is 0 Å². The van der Waals surface area contributed by atoms with Crippen molar-refractivity contribution in [2.24, 2.45) is 0 Å². The van der Waals surface area contributed by atoms with Crippen LogP contribution in [0.4, 0.5) is 0 Å². The SMILES string of the molecule is CC(c1ccccc1)n1c(=O)c(C(=O)O)cc2ccccc21. The molecule has 3 rings (SSSR count). The van der Waals surface area contributed by atoms with Crippen LogP contribution in [0.3, 0.4) is 0 Å². The average molecular weight is 293 g/mol. The molecule has 1 unspecified atom stereocenters. The van der Waals surface area contributed by atoms with Gasteiger partial charge < -0.3 is 9.67 Å². The number of hydrogen-bond donors (Lipinski definition) is 1. The summed E-state index contributed by atoms with van der Waals surface area (Å²) in [4.78, 5) is 24.0. The van der Waals surface area contributed by atoms with E-state index in [0.29, 0.717) is 0 Å². The van der Waals surface area contributed by atoms with E-state index in [9.17, 15) is 14.7 Å². The monoisotopic (exact) mass is 293 g/mol. The van der Waals surface area contributed by atoms with Gasteiger partial charge in [0.05, 0.1) is 11.6 Å². The molecule has 0 aliphatic heterocycles. The Hall–Kier alpha value is -2.88. The molecule has 0 spiro atoms. The Labute approximate surface area is 127 Å². The highest BCUT2D eigenvalue weighted by Crippen LogP contribution is 2.22. The first kappa shape index (κ1) is 14.1. The third-order valence-electron chi connectivity index (χ3n) is 3.85. The highest BCUT2D eigenvalue weighted by Gasteiger charge is 2.18. The van der Waals surface area contributed by atoms with Crippen molar-refractivity contribution in [2.45, 2.75) is 13.0 Å². The number of hydrogen-bond acceptors (Lipinski definition) is 2. The van der Waals surface area contributed by atoms with Crippen LogP contribution in [0, 0.1) is 0 Å². The highest BCUT2D eigenvalue weighted by molar-refractivity contribution is 5.92. The Kier molecular flexibility index (Phi) is 3.51. The lowest BCUT2D eigenvalue weighted by Gasteiger charge is -2.19. The number of rotatable bonds is 3. The van der Waals surface area contributed by atoms with Crippen molar-refractivity contribution < 1.29 is 9.90 Å². The van der Waals surface area contributed by atoms with Crippen LogP contribution < -0.4 is 5.56 Å². The van der Waals surface area contributed by atoms with E-state index >= 15 is 0 Å². The van der Waals surface area contributed by atoms with Crippen LogP contribution in [0.5, 0.6) is 0 Å². The number of pyridine rings is 1. The van der Waals surface area contributed by atoms with Crippen LogP contribution in [0.2, 0.25) is 0 Å². The van der Waals surface area contributed by atoms with Crippen LogP contribution in [0.15, 0.2) is 65.5 Å². The standard InChI is InChI=1S/C18H15NO3/c1-12(13-7-3-2-4-8-13)19-16-10-6-5-9-14(16)11-15(17(19)20)18(21)22/h2-12H,1H3,(H,21,22). The lowest BCUT2D eigenvalue weighted by Crippen LogP contribution is -2.29. The van der Waals surface area contributed by atoms with E-state index in [1.807, 2.05) is 61.5 Å². The molecule has 110 valence electrons. The summed E-state index contributed by atoms with van der Waals surface area (Å²) in [7, 11) is 0. The second kappa shape index (κ2) is 5.48. The molecule has 0 aliphatic carbocycles. The van der Waals surface area contributed by atoms with E-state index in [2.05, 4.69) is 0 Å². The topological polar surface area (TPSA) is 59.3 Å². The number of benzene rings is 2. The number of para-hydroxylation sites is 1. The third kappa shape index (κ3) is 2.29. The summed E-state index contributed by atoms with van der Waals surface area (Å²) in [5, 5.41) is 10.0. The molecular weight excluding hydrogens is 278 g/mol. The quantitative estimate of drug-likeness (QED) is 0.806. The van der Waals surface area contributed by atoms with E-state index in [1.54, 1.807) is 4.57 Å². The van der Waals surface area contributed by atoms with E-state index < -0.39 is 11.5 Å². The maximum Gasteiger partial charge on any atom is 0.341 e. The van der Waals surface area contributed by atoms with E-state index in [4.69, 9.17) is 0 Å². The van der Waals surface area contributed by atoms with E-state index in [0.717, 1.165) is 16.5 Å². The predicted molar refractivity (Wildman–Crippen MR) is 85.4 cm³/mol. The molecule has 0 fully saturated rings. The summed E-state index contributed by atoms with van der Waals surface area (Å²) in [5.41, 5.74) is 0.996. The molecule has 1 aromatic heterocycles. The normalized spacial score (nSPS) is 12.2. The molecule has 22 heavy (non-hydrogen) atoms. The van der Waals surface area contributed by atoms with Gasteiger partial charge in [0.2, 0.25) is 0 Å². The molecule has 0 radical (unpaired) electrons. The van der Waals surface area contributed by atoms with Crippen molar-refractivity contribution in [1.82, 2.24) is 4.57 Å². The van der Waals surface area contributed by atoms with Gasteiger partial charge in [0.15, 0.2) is 0 Å². The Morgan fingerprint density at radius 1 is 1.05 bits per heavy atom. The number of carboxylic acid groups (broad SMARTS) is 1. The molecule has 1 heterocycles. The molecule has 3 aromatic rings. The van der Waals surface area contributed by atoms with Crippen LogP contribution in [0.25, 0.3) is 10.9 Å². The maximum absolute atomic E-state index is 12.6. The minimum Gasteiger partial charge on any atom is -0.477 e. The minimum absolute atomic E-state index is 0.207. The molecule has 4 heteroatoms. The summed E-state index contributed by atoms with van der Waals surface area (Å²) in [5.74, 6) is -1.20. The van der Waals surface area contributed by atoms with Gasteiger partial charge in [-0.05, 0) is 30.0 Å². The highest BCUT2D eigenvalue weighted by atomic mass is 16.4. The van der Waals surface area contributed by atoms with Gasteiger partial charge in [-0.3, -0.25) is 4.79 Å². The van der Waals surface area contributed by atoms with Crippen molar-refractivity contribution >= 4 is 16.9 Å². The van der Waals surface area contributed by atoms with Crippen molar-refractivity contribution in [3.8, 4) is 0 Å². The van der Waals surface area contributed by atoms with Crippen LogP contribution >= 0.6 is 0 Å². The van der Waals surface area contributed by atoms with Crippen LogP contribution in [0.1, 0.15) is 28.9 Å². The van der Waals surface area contributed by atoms with Gasteiger partial charge in [0.1, 0.15) is 5.56 Å². The molecule has 0 bridgehead atoms. The fraction of sp³-hybridized carbons (Fsp3) is 0.111. The first-order valence-corrected chi connectivity index (χ1v) is 7.02. The number of aromatic carboxylic acids is 1. The number of carbonyl (C=O) groups is 1. The molecular formula is C18H15NO3. The van der Waals surface area contributed by atoms with Gasteiger partial charge in [-0.2, -0.15) is 0 Å². The van der Waals surface area contributed by atoms with Gasteiger partial charge >= 0.3 is 5.97 Å². The molecule has 4 nitrogen and oxygen atoms in total. The van der Waals surface area contributed by atoms with Gasteiger partial charge in [-0.25, -0.2) is 4.79 Å². The summed E-state index contributed by atoms with van der Waals surface area (Å²) in [6.45, 7) is 1.90. The van der Waals surface area contributed by atoms with Crippen LogP contribution in [-0.2, 0) is 0 Å². The van der Waals surface area contributed by atoms with E-state index in [1.165, 1.54) is 6.07 Å². The number of carboxylic acids is 1. The number of aromatic nitrogens is 1. The molecule has 0 saturated heterocycles. The number of fused-ring (bicyclic) bond motifs is 1. The van der Waals surface area contributed by atoms with Crippen molar-refractivity contribution in [1.29, 1.82) is 0 Å². The summed E-state index contributed by atoms with van der Waals surface area (Å²) >= 11 is 0. The maximum atomic E-state index is 12.6. The Bertz CT molecular complexity index is 897.